The van der Waals surface area contributed by atoms with Crippen LogP contribution in [0.4, 0.5) is 10.1 Å². The van der Waals surface area contributed by atoms with E-state index in [2.05, 4.69) is 10.0 Å². The lowest BCUT2D eigenvalue weighted by Gasteiger charge is -2.22. The van der Waals surface area contributed by atoms with Gasteiger partial charge in [-0.15, -0.1) is 0 Å². The molecule has 0 unspecified atom stereocenters. The van der Waals surface area contributed by atoms with Crippen LogP contribution in [0.3, 0.4) is 0 Å². The average molecular weight is 390 g/mol. The molecule has 1 fully saturated rings. The summed E-state index contributed by atoms with van der Waals surface area (Å²) in [5.41, 5.74) is 0.460. The summed E-state index contributed by atoms with van der Waals surface area (Å²) < 4.78 is 40.5. The molecular formula is C20H23FN2O3S. The number of carbonyl (C=O) groups is 1. The first kappa shape index (κ1) is 19.4. The molecule has 7 heteroatoms. The van der Waals surface area contributed by atoms with E-state index in [1.807, 2.05) is 0 Å². The van der Waals surface area contributed by atoms with Gasteiger partial charge in [-0.2, -0.15) is 0 Å². The monoisotopic (exact) mass is 390 g/mol. The zero-order valence-corrected chi connectivity index (χ0v) is 15.8. The summed E-state index contributed by atoms with van der Waals surface area (Å²) in [6.45, 7) is 0.595. The number of benzene rings is 2. The Morgan fingerprint density at radius 3 is 2.37 bits per heavy atom. The van der Waals surface area contributed by atoms with E-state index in [0.717, 1.165) is 25.0 Å². The summed E-state index contributed by atoms with van der Waals surface area (Å²) in [6.07, 6.45) is 5.85. The van der Waals surface area contributed by atoms with Crippen molar-refractivity contribution in [3.8, 4) is 0 Å². The first-order valence-corrected chi connectivity index (χ1v) is 10.6. The van der Waals surface area contributed by atoms with Crippen LogP contribution in [0.2, 0.25) is 0 Å². The Morgan fingerprint density at radius 1 is 1.00 bits per heavy atom. The van der Waals surface area contributed by atoms with Crippen LogP contribution in [0.1, 0.15) is 42.5 Å². The van der Waals surface area contributed by atoms with E-state index in [1.54, 1.807) is 18.2 Å². The van der Waals surface area contributed by atoms with Crippen LogP contribution in [0.25, 0.3) is 0 Å². The molecule has 2 aromatic rings. The van der Waals surface area contributed by atoms with Crippen LogP contribution >= 0.6 is 0 Å². The van der Waals surface area contributed by atoms with E-state index in [0.29, 0.717) is 12.5 Å². The minimum Gasteiger partial charge on any atom is -0.352 e. The smallest absolute Gasteiger partial charge is 0.261 e. The summed E-state index contributed by atoms with van der Waals surface area (Å²) >= 11 is 0. The highest BCUT2D eigenvalue weighted by Crippen LogP contribution is 2.24. The van der Waals surface area contributed by atoms with Gasteiger partial charge >= 0.3 is 0 Å². The molecule has 1 amide bonds. The van der Waals surface area contributed by atoms with Crippen molar-refractivity contribution in [3.63, 3.8) is 0 Å². The Morgan fingerprint density at radius 2 is 1.67 bits per heavy atom. The third-order valence-corrected chi connectivity index (χ3v) is 6.20. The van der Waals surface area contributed by atoms with Crippen molar-refractivity contribution in [3.05, 3.63) is 59.9 Å². The molecular weight excluding hydrogens is 367 g/mol. The van der Waals surface area contributed by atoms with Crippen LogP contribution in [0.15, 0.2) is 53.4 Å². The molecule has 0 atom stereocenters. The predicted molar refractivity (Wildman–Crippen MR) is 103 cm³/mol. The van der Waals surface area contributed by atoms with Crippen molar-refractivity contribution >= 4 is 21.6 Å². The third kappa shape index (κ3) is 5.07. The average Bonchev–Trinajstić information content (AvgIpc) is 2.67. The molecule has 144 valence electrons. The summed E-state index contributed by atoms with van der Waals surface area (Å²) in [4.78, 5) is 12.5. The third-order valence-electron chi connectivity index (χ3n) is 4.82. The summed E-state index contributed by atoms with van der Waals surface area (Å²) in [5.74, 6) is -0.347. The minimum atomic E-state index is -3.92. The molecule has 1 aliphatic carbocycles. The fraction of sp³-hybridized carbons (Fsp3) is 0.350. The van der Waals surface area contributed by atoms with Gasteiger partial charge in [0.2, 0.25) is 0 Å². The van der Waals surface area contributed by atoms with Gasteiger partial charge in [0, 0.05) is 6.54 Å². The molecule has 2 aromatic carbocycles. The number of anilines is 1. The number of rotatable bonds is 6. The molecule has 0 aromatic heterocycles. The van der Waals surface area contributed by atoms with Gasteiger partial charge in [-0.25, -0.2) is 12.8 Å². The van der Waals surface area contributed by atoms with Crippen molar-refractivity contribution in [2.24, 2.45) is 5.92 Å². The number of hydrogen-bond donors (Lipinski definition) is 2. The number of hydrogen-bond acceptors (Lipinski definition) is 3. The van der Waals surface area contributed by atoms with Crippen LogP contribution in [-0.4, -0.2) is 20.9 Å². The topological polar surface area (TPSA) is 75.3 Å². The van der Waals surface area contributed by atoms with E-state index in [9.17, 15) is 17.6 Å². The second-order valence-corrected chi connectivity index (χ2v) is 8.50. The highest BCUT2D eigenvalue weighted by Gasteiger charge is 2.20. The summed E-state index contributed by atoms with van der Waals surface area (Å²) in [5, 5.41) is 2.92. The van der Waals surface area contributed by atoms with Crippen molar-refractivity contribution in [1.29, 1.82) is 0 Å². The van der Waals surface area contributed by atoms with Gasteiger partial charge in [0.25, 0.3) is 15.9 Å². The summed E-state index contributed by atoms with van der Waals surface area (Å²) in [6, 6.07) is 11.0. The number of amides is 1. The largest absolute Gasteiger partial charge is 0.352 e. The van der Waals surface area contributed by atoms with Crippen molar-refractivity contribution in [2.75, 3.05) is 11.3 Å². The first-order valence-electron chi connectivity index (χ1n) is 9.11. The molecule has 0 heterocycles. The van der Waals surface area contributed by atoms with Crippen molar-refractivity contribution in [1.82, 2.24) is 5.32 Å². The van der Waals surface area contributed by atoms with Gasteiger partial charge in [0.15, 0.2) is 0 Å². The zero-order valence-electron chi connectivity index (χ0n) is 14.9. The molecule has 2 N–H and O–H groups in total. The van der Waals surface area contributed by atoms with Gasteiger partial charge in [-0.3, -0.25) is 9.52 Å². The normalized spacial score (nSPS) is 15.3. The number of nitrogens with one attached hydrogen (secondary N) is 2. The lowest BCUT2D eigenvalue weighted by atomic mass is 9.89. The maximum atomic E-state index is 13.0. The van der Waals surface area contributed by atoms with Crippen molar-refractivity contribution < 1.29 is 17.6 Å². The van der Waals surface area contributed by atoms with E-state index in [4.69, 9.17) is 0 Å². The Labute approximate surface area is 159 Å². The quantitative estimate of drug-likeness (QED) is 0.785. The lowest BCUT2D eigenvalue weighted by Crippen LogP contribution is -2.31. The van der Waals surface area contributed by atoms with Crippen LogP contribution in [-0.2, 0) is 10.0 Å². The Hall–Kier alpha value is -2.41. The molecule has 0 aliphatic heterocycles. The van der Waals surface area contributed by atoms with Crippen molar-refractivity contribution in [2.45, 2.75) is 37.0 Å². The molecule has 1 aliphatic rings. The van der Waals surface area contributed by atoms with Gasteiger partial charge in [-0.1, -0.05) is 31.4 Å². The zero-order chi connectivity index (χ0) is 19.3. The SMILES string of the molecule is O=C(NCC1CCCCC1)c1ccccc1NS(=O)(=O)c1ccc(F)cc1. The second kappa shape index (κ2) is 8.52. The fourth-order valence-electron chi connectivity index (χ4n) is 3.31. The number of carbonyl (C=O) groups excluding carboxylic acids is 1. The van der Waals surface area contributed by atoms with Gasteiger partial charge in [0.1, 0.15) is 5.82 Å². The highest BCUT2D eigenvalue weighted by atomic mass is 32.2. The molecule has 0 radical (unpaired) electrons. The van der Waals surface area contributed by atoms with E-state index in [1.165, 1.54) is 37.5 Å². The molecule has 27 heavy (non-hydrogen) atoms. The molecule has 0 saturated heterocycles. The number of para-hydroxylation sites is 1. The molecule has 0 bridgehead atoms. The Balaban J connectivity index is 1.73. The molecule has 0 spiro atoms. The van der Waals surface area contributed by atoms with E-state index < -0.39 is 15.8 Å². The number of halogens is 1. The maximum absolute atomic E-state index is 13.0. The first-order chi connectivity index (χ1) is 13.0. The summed E-state index contributed by atoms with van der Waals surface area (Å²) in [7, 11) is -3.92. The van der Waals surface area contributed by atoms with E-state index >= 15 is 0 Å². The molecule has 1 saturated carbocycles. The minimum absolute atomic E-state index is 0.0682. The predicted octanol–water partition coefficient (Wildman–Crippen LogP) is 3.94. The van der Waals surface area contributed by atoms with Gasteiger partial charge in [-0.05, 0) is 55.2 Å². The molecule has 5 nitrogen and oxygen atoms in total. The lowest BCUT2D eigenvalue weighted by molar-refractivity contribution is 0.0944. The Kier molecular flexibility index (Phi) is 6.11. The van der Waals surface area contributed by atoms with Crippen LogP contribution in [0.5, 0.6) is 0 Å². The van der Waals surface area contributed by atoms with Gasteiger partial charge in [0.05, 0.1) is 16.1 Å². The van der Waals surface area contributed by atoms with E-state index in [-0.39, 0.29) is 22.1 Å². The Bertz CT molecular complexity index is 892. The highest BCUT2D eigenvalue weighted by molar-refractivity contribution is 7.92. The standard InChI is InChI=1S/C20H23FN2O3S/c21-16-10-12-17(13-11-16)27(25,26)23-19-9-5-4-8-18(19)20(24)22-14-15-6-2-1-3-7-15/h4-5,8-13,15,23H,1-3,6-7,14H2,(H,22,24). The molecule has 3 rings (SSSR count). The maximum Gasteiger partial charge on any atom is 0.261 e. The second-order valence-electron chi connectivity index (χ2n) is 6.82. The van der Waals surface area contributed by atoms with Crippen LogP contribution < -0.4 is 10.0 Å². The fourth-order valence-corrected chi connectivity index (χ4v) is 4.39. The van der Waals surface area contributed by atoms with Gasteiger partial charge < -0.3 is 5.32 Å². The van der Waals surface area contributed by atoms with Crippen LogP contribution in [0, 0.1) is 11.7 Å². The number of sulfonamides is 1.